The lowest BCUT2D eigenvalue weighted by Crippen LogP contribution is -2.48. The number of aliphatic carboxylic acids is 1. The molecule has 2 fully saturated rings. The second-order valence-electron chi connectivity index (χ2n) is 11.5. The molecule has 2 aromatic rings. The Morgan fingerprint density at radius 2 is 1.58 bits per heavy atom. The van der Waals surface area contributed by atoms with Crippen molar-refractivity contribution in [2.75, 3.05) is 42.5 Å². The van der Waals surface area contributed by atoms with Gasteiger partial charge in [0, 0.05) is 57.4 Å². The average molecular weight is 654 g/mol. The SMILES string of the molecule is Cc1c(/C=C2/SC(=S)N(CCCCCCCCCCC(=O)O)C2=O)c(N2CCN(c3ccc(F)cc3)CC2)n(C)c(=O)c1C#N. The Hall–Kier alpha value is -3.69. The van der Waals surface area contributed by atoms with E-state index in [1.807, 2.05) is 0 Å². The number of hydrogen-bond acceptors (Lipinski definition) is 8. The molecule has 2 aliphatic heterocycles. The predicted molar refractivity (Wildman–Crippen MR) is 181 cm³/mol. The van der Waals surface area contributed by atoms with E-state index >= 15 is 0 Å². The van der Waals surface area contributed by atoms with Crippen LogP contribution in [0.4, 0.5) is 15.9 Å². The number of benzene rings is 1. The van der Waals surface area contributed by atoms with Crippen molar-refractivity contribution >= 4 is 57.8 Å². The van der Waals surface area contributed by atoms with Gasteiger partial charge in [-0.3, -0.25) is 23.9 Å². The molecule has 0 atom stereocenters. The van der Waals surface area contributed by atoms with Gasteiger partial charge in [0.1, 0.15) is 27.6 Å². The summed E-state index contributed by atoms with van der Waals surface area (Å²) >= 11 is 6.83. The van der Waals surface area contributed by atoms with Crippen molar-refractivity contribution in [1.82, 2.24) is 9.47 Å². The van der Waals surface area contributed by atoms with E-state index < -0.39 is 5.97 Å². The Morgan fingerprint density at radius 3 is 2.18 bits per heavy atom. The highest BCUT2D eigenvalue weighted by atomic mass is 32.2. The molecular formula is C33H40FN5O4S2. The van der Waals surface area contributed by atoms with Crippen LogP contribution < -0.4 is 15.4 Å². The number of nitrogens with zero attached hydrogens (tertiary/aromatic N) is 5. The molecule has 0 bridgehead atoms. The molecule has 3 heterocycles. The number of pyridine rings is 1. The summed E-state index contributed by atoms with van der Waals surface area (Å²) in [6.07, 6.45) is 9.74. The van der Waals surface area contributed by atoms with Crippen molar-refractivity contribution in [2.45, 2.75) is 64.7 Å². The van der Waals surface area contributed by atoms with E-state index in [2.05, 4.69) is 15.9 Å². The molecule has 2 aliphatic rings. The predicted octanol–water partition coefficient (Wildman–Crippen LogP) is 5.83. The van der Waals surface area contributed by atoms with Gasteiger partial charge in [0.15, 0.2) is 0 Å². The maximum absolute atomic E-state index is 13.5. The lowest BCUT2D eigenvalue weighted by atomic mass is 10.0. The molecule has 1 N–H and O–H groups in total. The molecule has 0 radical (unpaired) electrons. The number of rotatable bonds is 14. The van der Waals surface area contributed by atoms with Crippen LogP contribution in [0.2, 0.25) is 0 Å². The van der Waals surface area contributed by atoms with Crippen LogP contribution in [0, 0.1) is 24.1 Å². The van der Waals surface area contributed by atoms with E-state index in [9.17, 15) is 24.0 Å². The fourth-order valence-corrected chi connectivity index (χ4v) is 7.14. The van der Waals surface area contributed by atoms with Gasteiger partial charge in [0.25, 0.3) is 11.5 Å². The first-order chi connectivity index (χ1) is 21.6. The third-order valence-electron chi connectivity index (χ3n) is 8.41. The maximum Gasteiger partial charge on any atom is 0.303 e. The van der Waals surface area contributed by atoms with Gasteiger partial charge in [-0.05, 0) is 55.7 Å². The van der Waals surface area contributed by atoms with Crippen LogP contribution in [0.1, 0.15) is 74.5 Å². The minimum Gasteiger partial charge on any atom is -0.481 e. The van der Waals surface area contributed by atoms with Crippen molar-refractivity contribution < 1.29 is 19.1 Å². The zero-order valence-electron chi connectivity index (χ0n) is 25.9. The first-order valence-electron chi connectivity index (χ1n) is 15.5. The van der Waals surface area contributed by atoms with E-state index in [0.29, 0.717) is 58.9 Å². The van der Waals surface area contributed by atoms with Crippen molar-refractivity contribution in [3.05, 3.63) is 62.0 Å². The van der Waals surface area contributed by atoms with Gasteiger partial charge in [-0.1, -0.05) is 62.5 Å². The van der Waals surface area contributed by atoms with Gasteiger partial charge in [-0.15, -0.1) is 0 Å². The van der Waals surface area contributed by atoms with Crippen molar-refractivity contribution in [3.63, 3.8) is 0 Å². The highest BCUT2D eigenvalue weighted by molar-refractivity contribution is 8.26. The van der Waals surface area contributed by atoms with E-state index in [0.717, 1.165) is 57.1 Å². The van der Waals surface area contributed by atoms with Gasteiger partial charge in [-0.25, -0.2) is 4.39 Å². The van der Waals surface area contributed by atoms with Crippen molar-refractivity contribution in [3.8, 4) is 6.07 Å². The summed E-state index contributed by atoms with van der Waals surface area (Å²) in [7, 11) is 1.66. The number of halogens is 1. The zero-order valence-corrected chi connectivity index (χ0v) is 27.5. The standard InChI is InChI=1S/C33H40FN5O4S2/c1-23-26(21-28-32(43)39(33(44)45-28)16-10-8-6-4-3-5-7-9-11-29(40)41)30(36(2)31(42)27(23)22-35)38-19-17-37(18-20-38)25-14-12-24(34)13-15-25/h12-15,21H,3-11,16-20H2,1-2H3,(H,40,41)/b28-21+. The summed E-state index contributed by atoms with van der Waals surface area (Å²) in [5, 5.41) is 18.5. The Kier molecular flexibility index (Phi) is 12.2. The molecule has 0 saturated carbocycles. The highest BCUT2D eigenvalue weighted by Gasteiger charge is 2.33. The number of aromatic nitrogens is 1. The minimum atomic E-state index is -0.740. The molecule has 240 valence electrons. The number of thioether (sulfide) groups is 1. The Labute approximate surface area is 273 Å². The van der Waals surface area contributed by atoms with Gasteiger partial charge >= 0.3 is 5.97 Å². The van der Waals surface area contributed by atoms with Crippen LogP contribution in [0.5, 0.6) is 0 Å². The first-order valence-corrected chi connectivity index (χ1v) is 16.7. The number of anilines is 2. The van der Waals surface area contributed by atoms with Gasteiger partial charge in [0.2, 0.25) is 0 Å². The summed E-state index contributed by atoms with van der Waals surface area (Å²) in [6.45, 7) is 4.79. The van der Waals surface area contributed by atoms with E-state index in [1.165, 1.54) is 28.5 Å². The highest BCUT2D eigenvalue weighted by Crippen LogP contribution is 2.36. The number of hydrogen-bond donors (Lipinski definition) is 1. The Balaban J connectivity index is 1.42. The molecule has 12 heteroatoms. The molecule has 1 aromatic carbocycles. The number of carboxylic acids is 1. The van der Waals surface area contributed by atoms with Gasteiger partial charge < -0.3 is 14.9 Å². The average Bonchev–Trinajstić information content (AvgIpc) is 3.29. The molecule has 0 spiro atoms. The number of thiocarbonyl (C=S) groups is 1. The van der Waals surface area contributed by atoms with Crippen LogP contribution in [-0.2, 0) is 16.6 Å². The number of nitriles is 1. The van der Waals surface area contributed by atoms with Gasteiger partial charge in [-0.2, -0.15) is 5.26 Å². The smallest absolute Gasteiger partial charge is 0.303 e. The molecular weight excluding hydrogens is 614 g/mol. The van der Waals surface area contributed by atoms with Crippen molar-refractivity contribution in [1.29, 1.82) is 5.26 Å². The number of carboxylic acid groups (broad SMARTS) is 1. The van der Waals surface area contributed by atoms with Crippen LogP contribution in [0.25, 0.3) is 6.08 Å². The fraction of sp³-hybridized carbons (Fsp3) is 0.485. The van der Waals surface area contributed by atoms with E-state index in [-0.39, 0.29) is 29.3 Å². The number of carbonyl (C=O) groups excluding carboxylic acids is 1. The molecule has 1 aromatic heterocycles. The zero-order chi connectivity index (χ0) is 32.5. The molecule has 0 unspecified atom stereocenters. The number of piperazine rings is 1. The lowest BCUT2D eigenvalue weighted by molar-refractivity contribution is -0.137. The Morgan fingerprint density at radius 1 is 1.00 bits per heavy atom. The molecule has 9 nitrogen and oxygen atoms in total. The van der Waals surface area contributed by atoms with Crippen LogP contribution >= 0.6 is 24.0 Å². The molecule has 2 saturated heterocycles. The van der Waals surface area contributed by atoms with Gasteiger partial charge in [0.05, 0.1) is 4.91 Å². The van der Waals surface area contributed by atoms with Crippen LogP contribution in [0.3, 0.4) is 0 Å². The maximum atomic E-state index is 13.5. The second kappa shape index (κ2) is 16.0. The number of unbranched alkanes of at least 4 members (excludes halogenated alkanes) is 7. The first kappa shape index (κ1) is 34.2. The molecule has 45 heavy (non-hydrogen) atoms. The molecule has 1 amide bonds. The van der Waals surface area contributed by atoms with Crippen LogP contribution in [-0.4, -0.2) is 63.5 Å². The molecule has 0 aliphatic carbocycles. The summed E-state index contributed by atoms with van der Waals surface area (Å²) < 4.78 is 15.4. The van der Waals surface area contributed by atoms with E-state index in [1.54, 1.807) is 37.1 Å². The second-order valence-corrected chi connectivity index (χ2v) is 13.1. The Bertz CT molecular complexity index is 1540. The van der Waals surface area contributed by atoms with E-state index in [4.69, 9.17) is 17.3 Å². The third-order valence-corrected chi connectivity index (χ3v) is 9.79. The molecule has 4 rings (SSSR count). The number of amides is 1. The topological polar surface area (TPSA) is 110 Å². The number of carbonyl (C=O) groups is 2. The quantitative estimate of drug-likeness (QED) is 0.153. The van der Waals surface area contributed by atoms with Crippen molar-refractivity contribution in [2.24, 2.45) is 7.05 Å². The normalized spacial score (nSPS) is 16.1. The fourth-order valence-electron chi connectivity index (χ4n) is 5.85. The largest absolute Gasteiger partial charge is 0.481 e. The third kappa shape index (κ3) is 8.52. The summed E-state index contributed by atoms with van der Waals surface area (Å²) in [5.74, 6) is -0.532. The summed E-state index contributed by atoms with van der Waals surface area (Å²) in [4.78, 5) is 43.6. The summed E-state index contributed by atoms with van der Waals surface area (Å²) in [6, 6.07) is 8.46. The minimum absolute atomic E-state index is 0.0508. The monoisotopic (exact) mass is 653 g/mol. The summed E-state index contributed by atoms with van der Waals surface area (Å²) in [5.41, 5.74) is 1.79. The lowest BCUT2D eigenvalue weighted by Gasteiger charge is -2.38. The van der Waals surface area contributed by atoms with Crippen LogP contribution in [0.15, 0.2) is 34.0 Å².